The van der Waals surface area contributed by atoms with E-state index in [1.54, 1.807) is 36.4 Å². The molecule has 0 aliphatic carbocycles. The molecule has 4 aromatic rings. The van der Waals surface area contributed by atoms with E-state index in [2.05, 4.69) is 21.2 Å². The lowest BCUT2D eigenvalue weighted by Gasteiger charge is -2.34. The number of hydrogen-bond acceptors (Lipinski definition) is 4. The molecule has 7 nitrogen and oxygen atoms in total. The molecular weight excluding hydrogens is 650 g/mol. The Morgan fingerprint density at radius 2 is 1.49 bits per heavy atom. The topological polar surface area (TPSA) is 86.8 Å². The van der Waals surface area contributed by atoms with Gasteiger partial charge in [-0.2, -0.15) is 0 Å². The molecule has 1 N–H and O–H groups in total. The van der Waals surface area contributed by atoms with Crippen LogP contribution in [0.3, 0.4) is 0 Å². The standard InChI is InChI=1S/C36H40BrN3O4S/c1-5-28(4)38-36(42)34(23-29-13-7-6-8-14-29)39(24-30-15-11-16-31(37)22-30)35(41)25-40(33-17-10-9-12-27(33)3)45(43,44)32-20-18-26(2)19-21-32/h6-22,28,34H,5,23-25H2,1-4H3,(H,38,42)/t28-,34-/m0/s1. The van der Waals surface area contributed by atoms with Gasteiger partial charge in [0.05, 0.1) is 10.6 Å². The molecule has 0 fully saturated rings. The summed E-state index contributed by atoms with van der Waals surface area (Å²) in [6.07, 6.45) is 0.983. The number of hydrogen-bond donors (Lipinski definition) is 1. The summed E-state index contributed by atoms with van der Waals surface area (Å²) in [6, 6.07) is 29.8. The fraction of sp³-hybridized carbons (Fsp3) is 0.278. The van der Waals surface area contributed by atoms with Gasteiger partial charge in [-0.1, -0.05) is 101 Å². The molecule has 2 atom stereocenters. The van der Waals surface area contributed by atoms with Gasteiger partial charge in [-0.15, -0.1) is 0 Å². The highest BCUT2D eigenvalue weighted by Gasteiger charge is 2.35. The molecule has 0 unspecified atom stereocenters. The van der Waals surface area contributed by atoms with Crippen LogP contribution < -0.4 is 9.62 Å². The smallest absolute Gasteiger partial charge is 0.264 e. The van der Waals surface area contributed by atoms with Gasteiger partial charge in [0.1, 0.15) is 12.6 Å². The number of para-hydroxylation sites is 1. The van der Waals surface area contributed by atoms with Gasteiger partial charge < -0.3 is 10.2 Å². The fourth-order valence-electron chi connectivity index (χ4n) is 5.02. The van der Waals surface area contributed by atoms with Crippen LogP contribution in [-0.4, -0.2) is 43.8 Å². The van der Waals surface area contributed by atoms with Crippen molar-refractivity contribution in [3.8, 4) is 0 Å². The van der Waals surface area contributed by atoms with Crippen molar-refractivity contribution in [3.63, 3.8) is 0 Å². The number of halogens is 1. The second-order valence-electron chi connectivity index (χ2n) is 11.3. The average Bonchev–Trinajstić information content (AvgIpc) is 3.02. The molecule has 45 heavy (non-hydrogen) atoms. The van der Waals surface area contributed by atoms with E-state index in [4.69, 9.17) is 0 Å². The SMILES string of the molecule is CC[C@H](C)NC(=O)[C@H](Cc1ccccc1)N(Cc1cccc(Br)c1)C(=O)CN(c1ccccc1C)S(=O)(=O)c1ccc(C)cc1. The highest BCUT2D eigenvalue weighted by atomic mass is 79.9. The largest absolute Gasteiger partial charge is 0.352 e. The van der Waals surface area contributed by atoms with E-state index in [0.717, 1.165) is 31.9 Å². The second kappa shape index (κ2) is 15.4. The lowest BCUT2D eigenvalue weighted by molar-refractivity contribution is -0.140. The molecule has 0 spiro atoms. The van der Waals surface area contributed by atoms with E-state index >= 15 is 0 Å². The number of rotatable bonds is 13. The first-order chi connectivity index (χ1) is 21.5. The Kier molecular flexibility index (Phi) is 11.6. The van der Waals surface area contributed by atoms with E-state index in [1.165, 1.54) is 4.90 Å². The predicted molar refractivity (Wildman–Crippen MR) is 183 cm³/mol. The molecule has 0 saturated heterocycles. The first-order valence-corrected chi connectivity index (χ1v) is 17.3. The Morgan fingerprint density at radius 1 is 0.844 bits per heavy atom. The number of aryl methyl sites for hydroxylation is 2. The molecule has 0 aromatic heterocycles. The lowest BCUT2D eigenvalue weighted by atomic mass is 10.0. The molecule has 0 radical (unpaired) electrons. The molecule has 236 valence electrons. The first kappa shape index (κ1) is 33.9. The van der Waals surface area contributed by atoms with E-state index in [0.29, 0.717) is 11.3 Å². The predicted octanol–water partition coefficient (Wildman–Crippen LogP) is 6.82. The minimum absolute atomic E-state index is 0.0815. The van der Waals surface area contributed by atoms with E-state index in [9.17, 15) is 18.0 Å². The zero-order valence-corrected chi connectivity index (χ0v) is 28.5. The molecule has 0 aliphatic heterocycles. The summed E-state index contributed by atoms with van der Waals surface area (Å²) in [4.78, 5) is 30.1. The van der Waals surface area contributed by atoms with E-state index < -0.39 is 28.5 Å². The van der Waals surface area contributed by atoms with Crippen LogP contribution in [0.15, 0.2) is 112 Å². The van der Waals surface area contributed by atoms with Crippen LogP contribution in [0, 0.1) is 13.8 Å². The Hall–Kier alpha value is -3.95. The Labute approximate surface area is 275 Å². The van der Waals surface area contributed by atoms with E-state index in [1.807, 2.05) is 94.4 Å². The van der Waals surface area contributed by atoms with Crippen molar-refractivity contribution >= 4 is 43.5 Å². The summed E-state index contributed by atoms with van der Waals surface area (Å²) < 4.78 is 30.4. The Bertz CT molecular complexity index is 1710. The number of carbonyl (C=O) groups is 2. The number of nitrogens with zero attached hydrogens (tertiary/aromatic N) is 2. The zero-order valence-electron chi connectivity index (χ0n) is 26.1. The van der Waals surface area contributed by atoms with Gasteiger partial charge in [0, 0.05) is 23.5 Å². The molecular formula is C36H40BrN3O4S. The quantitative estimate of drug-likeness (QED) is 0.167. The van der Waals surface area contributed by atoms with Gasteiger partial charge in [0.15, 0.2) is 0 Å². The van der Waals surface area contributed by atoms with Crippen LogP contribution in [0.5, 0.6) is 0 Å². The third kappa shape index (κ3) is 8.83. The van der Waals surface area contributed by atoms with Gasteiger partial charge in [-0.3, -0.25) is 13.9 Å². The molecule has 0 aliphatic rings. The minimum Gasteiger partial charge on any atom is -0.352 e. The van der Waals surface area contributed by atoms with Crippen LogP contribution in [0.25, 0.3) is 0 Å². The number of sulfonamides is 1. The van der Waals surface area contributed by atoms with Gasteiger partial charge in [0.2, 0.25) is 11.8 Å². The van der Waals surface area contributed by atoms with Gasteiger partial charge in [0.25, 0.3) is 10.0 Å². The van der Waals surface area contributed by atoms with Crippen molar-refractivity contribution in [1.82, 2.24) is 10.2 Å². The molecule has 0 bridgehead atoms. The Balaban J connectivity index is 1.82. The summed E-state index contributed by atoms with van der Waals surface area (Å²) in [5, 5.41) is 3.06. The number of nitrogens with one attached hydrogen (secondary N) is 1. The summed E-state index contributed by atoms with van der Waals surface area (Å²) >= 11 is 3.52. The normalized spacial score (nSPS) is 12.6. The van der Waals surface area contributed by atoms with E-state index in [-0.39, 0.29) is 29.8 Å². The van der Waals surface area contributed by atoms with Gasteiger partial charge in [-0.25, -0.2) is 8.42 Å². The third-order valence-corrected chi connectivity index (χ3v) is 10.1. The van der Waals surface area contributed by atoms with Crippen LogP contribution >= 0.6 is 15.9 Å². The second-order valence-corrected chi connectivity index (χ2v) is 14.1. The van der Waals surface area contributed by atoms with Crippen molar-refractivity contribution in [2.75, 3.05) is 10.8 Å². The lowest BCUT2D eigenvalue weighted by Crippen LogP contribution is -2.54. The number of amides is 2. The van der Waals surface area contributed by atoms with Gasteiger partial charge >= 0.3 is 0 Å². The van der Waals surface area contributed by atoms with Crippen LogP contribution in [0.1, 0.15) is 42.5 Å². The van der Waals surface area contributed by atoms with Crippen molar-refractivity contribution < 1.29 is 18.0 Å². The maximum absolute atomic E-state index is 14.6. The maximum Gasteiger partial charge on any atom is 0.264 e. The summed E-state index contributed by atoms with van der Waals surface area (Å²) in [5.41, 5.74) is 3.71. The van der Waals surface area contributed by atoms with Crippen LogP contribution in [0.2, 0.25) is 0 Å². The number of carbonyl (C=O) groups excluding carboxylic acids is 2. The first-order valence-electron chi connectivity index (χ1n) is 15.0. The average molecular weight is 691 g/mol. The maximum atomic E-state index is 14.6. The van der Waals surface area contributed by atoms with Crippen LogP contribution in [0.4, 0.5) is 5.69 Å². The Morgan fingerprint density at radius 3 is 2.13 bits per heavy atom. The summed E-state index contributed by atoms with van der Waals surface area (Å²) in [7, 11) is -4.15. The zero-order chi connectivity index (χ0) is 32.6. The molecule has 4 rings (SSSR count). The molecule has 2 amide bonds. The van der Waals surface area contributed by atoms with Crippen LogP contribution in [-0.2, 0) is 32.6 Å². The highest BCUT2D eigenvalue weighted by molar-refractivity contribution is 9.10. The molecule has 9 heteroatoms. The third-order valence-electron chi connectivity index (χ3n) is 7.79. The van der Waals surface area contributed by atoms with Crippen molar-refractivity contribution in [3.05, 3.63) is 130 Å². The number of anilines is 1. The monoisotopic (exact) mass is 689 g/mol. The minimum atomic E-state index is -4.15. The van der Waals surface area contributed by atoms with Gasteiger partial charge in [-0.05, 0) is 74.2 Å². The number of benzene rings is 4. The molecule has 0 heterocycles. The molecule has 0 saturated carbocycles. The van der Waals surface area contributed by atoms with Crippen molar-refractivity contribution in [2.24, 2.45) is 0 Å². The fourth-order valence-corrected chi connectivity index (χ4v) is 6.95. The highest BCUT2D eigenvalue weighted by Crippen LogP contribution is 2.28. The van der Waals surface area contributed by atoms with Crippen molar-refractivity contribution in [1.29, 1.82) is 0 Å². The summed E-state index contributed by atoms with van der Waals surface area (Å²) in [5.74, 6) is -0.783. The van der Waals surface area contributed by atoms with Crippen molar-refractivity contribution in [2.45, 2.75) is 64.1 Å². The summed E-state index contributed by atoms with van der Waals surface area (Å²) in [6.45, 7) is 7.22. The molecule has 4 aromatic carbocycles.